The standard InChI is InChI=1S/C12H20N4O2/c1-8(9(2)17)12-13-11(14-18-12)10-7-15-3-5-16(10)6-4-15/h8-10,17H,3-7H2,1-2H3. The van der Waals surface area contributed by atoms with Crippen molar-refractivity contribution in [2.24, 2.45) is 0 Å². The molecule has 100 valence electrons. The van der Waals surface area contributed by atoms with E-state index in [0.29, 0.717) is 5.89 Å². The third-order valence-electron chi connectivity index (χ3n) is 4.15. The SMILES string of the molecule is CC(O)C(C)c1nc(C2CN3CCN2CC3)no1. The maximum atomic E-state index is 9.55. The van der Waals surface area contributed by atoms with Crippen molar-refractivity contribution in [3.63, 3.8) is 0 Å². The molecule has 6 nitrogen and oxygen atoms in total. The van der Waals surface area contributed by atoms with Crippen LogP contribution in [0, 0.1) is 0 Å². The zero-order valence-corrected chi connectivity index (χ0v) is 10.9. The van der Waals surface area contributed by atoms with Crippen LogP contribution >= 0.6 is 0 Å². The molecule has 3 fully saturated rings. The van der Waals surface area contributed by atoms with Crippen molar-refractivity contribution in [2.45, 2.75) is 31.9 Å². The van der Waals surface area contributed by atoms with Crippen molar-refractivity contribution in [1.29, 1.82) is 0 Å². The molecule has 3 atom stereocenters. The minimum Gasteiger partial charge on any atom is -0.393 e. The molecule has 0 aliphatic carbocycles. The van der Waals surface area contributed by atoms with Gasteiger partial charge >= 0.3 is 0 Å². The Kier molecular flexibility index (Phi) is 3.09. The Hall–Kier alpha value is -0.980. The van der Waals surface area contributed by atoms with Gasteiger partial charge in [-0.2, -0.15) is 4.98 Å². The van der Waals surface area contributed by atoms with Gasteiger partial charge < -0.3 is 9.63 Å². The number of aliphatic hydroxyl groups is 1. The lowest BCUT2D eigenvalue weighted by molar-refractivity contribution is 0.00781. The predicted octanol–water partition coefficient (Wildman–Crippen LogP) is 0.226. The van der Waals surface area contributed by atoms with Crippen LogP contribution in [-0.4, -0.2) is 63.9 Å². The first-order chi connectivity index (χ1) is 8.65. The number of rotatable bonds is 3. The van der Waals surface area contributed by atoms with Crippen LogP contribution in [0.5, 0.6) is 0 Å². The molecule has 3 aliphatic rings. The molecule has 0 amide bonds. The van der Waals surface area contributed by atoms with Crippen LogP contribution in [-0.2, 0) is 0 Å². The highest BCUT2D eigenvalue weighted by atomic mass is 16.5. The maximum Gasteiger partial charge on any atom is 0.232 e. The van der Waals surface area contributed by atoms with Gasteiger partial charge in [0.15, 0.2) is 5.82 Å². The Bertz CT molecular complexity index is 412. The van der Waals surface area contributed by atoms with E-state index in [9.17, 15) is 5.11 Å². The Balaban J connectivity index is 1.77. The van der Waals surface area contributed by atoms with E-state index in [1.807, 2.05) is 6.92 Å². The van der Waals surface area contributed by atoms with Gasteiger partial charge in [-0.3, -0.25) is 9.80 Å². The van der Waals surface area contributed by atoms with E-state index < -0.39 is 6.10 Å². The second-order valence-corrected chi connectivity index (χ2v) is 5.37. The van der Waals surface area contributed by atoms with Crippen LogP contribution in [0.3, 0.4) is 0 Å². The van der Waals surface area contributed by atoms with E-state index in [1.54, 1.807) is 6.92 Å². The molecule has 3 unspecified atom stereocenters. The minimum atomic E-state index is -0.467. The quantitative estimate of drug-likeness (QED) is 0.830. The fourth-order valence-corrected chi connectivity index (χ4v) is 2.64. The molecule has 3 saturated heterocycles. The molecule has 18 heavy (non-hydrogen) atoms. The predicted molar refractivity (Wildman–Crippen MR) is 65.1 cm³/mol. The minimum absolute atomic E-state index is 0.109. The van der Waals surface area contributed by atoms with E-state index in [-0.39, 0.29) is 12.0 Å². The smallest absolute Gasteiger partial charge is 0.232 e. The average Bonchev–Trinajstić information content (AvgIpc) is 2.88. The van der Waals surface area contributed by atoms with Crippen LogP contribution in [0.15, 0.2) is 4.52 Å². The first-order valence-electron chi connectivity index (χ1n) is 6.63. The number of aliphatic hydroxyl groups excluding tert-OH is 1. The Labute approximate surface area is 107 Å². The monoisotopic (exact) mass is 252 g/mol. The molecule has 1 N–H and O–H groups in total. The zero-order chi connectivity index (χ0) is 12.7. The summed E-state index contributed by atoms with van der Waals surface area (Å²) in [5, 5.41) is 13.6. The summed E-state index contributed by atoms with van der Waals surface area (Å²) in [5.74, 6) is 1.20. The summed E-state index contributed by atoms with van der Waals surface area (Å²) in [5.41, 5.74) is 0. The molecule has 2 bridgehead atoms. The third-order valence-corrected chi connectivity index (χ3v) is 4.15. The number of piperazine rings is 3. The molecule has 0 aromatic carbocycles. The molecule has 1 aromatic heterocycles. The van der Waals surface area contributed by atoms with Gasteiger partial charge in [0.05, 0.1) is 18.1 Å². The third kappa shape index (κ3) is 2.04. The molecule has 0 radical (unpaired) electrons. The summed E-state index contributed by atoms with van der Waals surface area (Å²) >= 11 is 0. The van der Waals surface area contributed by atoms with Crippen LogP contribution < -0.4 is 0 Å². The van der Waals surface area contributed by atoms with E-state index >= 15 is 0 Å². The summed E-state index contributed by atoms with van der Waals surface area (Å²) < 4.78 is 5.28. The van der Waals surface area contributed by atoms with Crippen molar-refractivity contribution in [2.75, 3.05) is 32.7 Å². The summed E-state index contributed by atoms with van der Waals surface area (Å²) in [4.78, 5) is 9.33. The van der Waals surface area contributed by atoms with E-state index in [0.717, 1.165) is 38.5 Å². The number of fused-ring (bicyclic) bond motifs is 3. The fraction of sp³-hybridized carbons (Fsp3) is 0.833. The van der Waals surface area contributed by atoms with E-state index in [4.69, 9.17) is 4.52 Å². The number of hydrogen-bond acceptors (Lipinski definition) is 6. The Morgan fingerprint density at radius 2 is 2.00 bits per heavy atom. The van der Waals surface area contributed by atoms with Gasteiger partial charge in [0, 0.05) is 32.7 Å². The first kappa shape index (κ1) is 12.1. The van der Waals surface area contributed by atoms with Crippen molar-refractivity contribution >= 4 is 0 Å². The molecule has 3 aliphatic heterocycles. The molecule has 4 rings (SSSR count). The van der Waals surface area contributed by atoms with Gasteiger partial charge in [0.1, 0.15) is 0 Å². The highest BCUT2D eigenvalue weighted by Crippen LogP contribution is 2.28. The number of nitrogens with zero attached hydrogens (tertiary/aromatic N) is 4. The second kappa shape index (κ2) is 4.60. The second-order valence-electron chi connectivity index (χ2n) is 5.37. The molecular formula is C12H20N4O2. The van der Waals surface area contributed by atoms with Gasteiger partial charge in [0.2, 0.25) is 5.89 Å². The van der Waals surface area contributed by atoms with Crippen LogP contribution in [0.2, 0.25) is 0 Å². The largest absolute Gasteiger partial charge is 0.393 e. The van der Waals surface area contributed by atoms with Crippen molar-refractivity contribution < 1.29 is 9.63 Å². The lowest BCUT2D eigenvalue weighted by Gasteiger charge is -2.46. The van der Waals surface area contributed by atoms with Gasteiger partial charge in [0.25, 0.3) is 0 Å². The number of hydrogen-bond donors (Lipinski definition) is 1. The lowest BCUT2D eigenvalue weighted by Crippen LogP contribution is -2.57. The van der Waals surface area contributed by atoms with Gasteiger partial charge in [-0.15, -0.1) is 0 Å². The van der Waals surface area contributed by atoms with Crippen molar-refractivity contribution in [1.82, 2.24) is 19.9 Å². The lowest BCUT2D eigenvalue weighted by atomic mass is 10.1. The molecule has 1 aromatic rings. The molecule has 0 saturated carbocycles. The van der Waals surface area contributed by atoms with Gasteiger partial charge in [-0.1, -0.05) is 12.1 Å². The Morgan fingerprint density at radius 1 is 1.28 bits per heavy atom. The first-order valence-corrected chi connectivity index (χ1v) is 6.63. The Morgan fingerprint density at radius 3 is 2.56 bits per heavy atom. The molecule has 6 heteroatoms. The van der Waals surface area contributed by atoms with Gasteiger partial charge in [-0.25, -0.2) is 0 Å². The highest BCUT2D eigenvalue weighted by Gasteiger charge is 2.36. The average molecular weight is 252 g/mol. The summed E-state index contributed by atoms with van der Waals surface area (Å²) in [6.45, 7) is 9.09. The topological polar surface area (TPSA) is 65.6 Å². The molecular weight excluding hydrogens is 232 g/mol. The van der Waals surface area contributed by atoms with E-state index in [1.165, 1.54) is 0 Å². The van der Waals surface area contributed by atoms with Crippen LogP contribution in [0.25, 0.3) is 0 Å². The summed E-state index contributed by atoms with van der Waals surface area (Å²) in [6, 6.07) is 0.256. The van der Waals surface area contributed by atoms with Crippen molar-refractivity contribution in [3.05, 3.63) is 11.7 Å². The van der Waals surface area contributed by atoms with Crippen LogP contribution in [0.1, 0.15) is 37.5 Å². The van der Waals surface area contributed by atoms with Crippen LogP contribution in [0.4, 0.5) is 0 Å². The normalized spacial score (nSPS) is 34.5. The summed E-state index contributed by atoms with van der Waals surface area (Å²) in [6.07, 6.45) is -0.467. The fourth-order valence-electron chi connectivity index (χ4n) is 2.64. The summed E-state index contributed by atoms with van der Waals surface area (Å²) in [7, 11) is 0. The molecule has 4 heterocycles. The zero-order valence-electron chi connectivity index (χ0n) is 10.9. The van der Waals surface area contributed by atoms with Gasteiger partial charge in [-0.05, 0) is 6.92 Å². The van der Waals surface area contributed by atoms with E-state index in [2.05, 4.69) is 19.9 Å². The molecule has 0 spiro atoms. The number of aromatic nitrogens is 2. The van der Waals surface area contributed by atoms with Crippen molar-refractivity contribution in [3.8, 4) is 0 Å². The highest BCUT2D eigenvalue weighted by molar-refractivity contribution is 5.03. The maximum absolute atomic E-state index is 9.55.